The fourth-order valence-electron chi connectivity index (χ4n) is 2.82. The van der Waals surface area contributed by atoms with Crippen LogP contribution in [0, 0.1) is 0 Å². The van der Waals surface area contributed by atoms with Gasteiger partial charge >= 0.3 is 65.5 Å². The Morgan fingerprint density at radius 1 is 0.815 bits per heavy atom. The van der Waals surface area contributed by atoms with E-state index in [0.29, 0.717) is 6.42 Å². The van der Waals surface area contributed by atoms with Crippen molar-refractivity contribution in [1.29, 1.82) is 0 Å². The van der Waals surface area contributed by atoms with Crippen molar-refractivity contribution in [2.45, 2.75) is 96.8 Å². The Morgan fingerprint density at radius 3 is 1.74 bits per heavy atom. The van der Waals surface area contributed by atoms with Gasteiger partial charge in [-0.2, -0.15) is 0 Å². The molecule has 0 aliphatic carbocycles. The average molecular weight is 560 g/mol. The number of allylic oxidation sites excluding steroid dienone is 2. The van der Waals surface area contributed by atoms with Crippen molar-refractivity contribution in [2.75, 3.05) is 0 Å². The Morgan fingerprint density at radius 2 is 1.30 bits per heavy atom. The standard InChI is InChI=1S/C18H34O2.C6H5.Hg/c1-2-3-4-5-6-7-8-9-10-11-12-13-14-15-16-17-18(19)20;1-2-4-6-5-3-1;/h9-10H,2-8,11-17H2,1H3,(H,19,20);1-5H;. The first-order valence-corrected chi connectivity index (χ1v) is 13.7. The van der Waals surface area contributed by atoms with E-state index in [-0.39, 0.29) is 0 Å². The second-order valence-electron chi connectivity index (χ2n) is 7.21. The molecule has 0 saturated heterocycles. The van der Waals surface area contributed by atoms with Gasteiger partial charge in [0.15, 0.2) is 0 Å². The van der Waals surface area contributed by atoms with E-state index in [4.69, 9.17) is 5.11 Å². The van der Waals surface area contributed by atoms with Gasteiger partial charge in [0.2, 0.25) is 0 Å². The van der Waals surface area contributed by atoms with E-state index in [1.807, 2.05) is 0 Å². The summed E-state index contributed by atoms with van der Waals surface area (Å²) in [6, 6.07) is 10.6. The molecule has 1 aromatic carbocycles. The van der Waals surface area contributed by atoms with Crippen LogP contribution in [0.1, 0.15) is 96.8 Å². The van der Waals surface area contributed by atoms with Crippen molar-refractivity contribution in [3.05, 3.63) is 42.5 Å². The molecule has 1 rings (SSSR count). The van der Waals surface area contributed by atoms with Crippen LogP contribution in [0.25, 0.3) is 0 Å². The molecule has 0 amide bonds. The zero-order valence-corrected chi connectivity index (χ0v) is 23.0. The molecule has 0 aromatic heterocycles. The number of hydrogen-bond donors (Lipinski definition) is 1. The third-order valence-electron chi connectivity index (χ3n) is 4.50. The van der Waals surface area contributed by atoms with Gasteiger partial charge in [0.05, 0.1) is 0 Å². The van der Waals surface area contributed by atoms with E-state index in [2.05, 4.69) is 49.4 Å². The van der Waals surface area contributed by atoms with E-state index in [1.165, 1.54) is 73.7 Å². The van der Waals surface area contributed by atoms with E-state index in [1.54, 1.807) is 0 Å². The number of carboxylic acid groups (broad SMARTS) is 1. The van der Waals surface area contributed by atoms with E-state index >= 15 is 0 Å². The molecule has 2 nitrogen and oxygen atoms in total. The summed E-state index contributed by atoms with van der Waals surface area (Å²) in [5.74, 6) is -0.664. The van der Waals surface area contributed by atoms with Gasteiger partial charge in [-0.1, -0.05) is 70.4 Å². The minimum atomic E-state index is -0.664. The number of rotatable bonds is 15. The first kappa shape index (κ1) is 26.4. The Kier molecular flexibility index (Phi) is 21.2. The average Bonchev–Trinajstić information content (AvgIpc) is 2.66. The molecule has 0 atom stereocenters. The predicted octanol–water partition coefficient (Wildman–Crippen LogP) is 6.97. The zero-order chi connectivity index (χ0) is 20.0. The summed E-state index contributed by atoms with van der Waals surface area (Å²) in [6.07, 6.45) is 21.2. The fourth-order valence-corrected chi connectivity index (χ4v) is 3.88. The predicted molar refractivity (Wildman–Crippen MR) is 113 cm³/mol. The summed E-state index contributed by atoms with van der Waals surface area (Å²) in [5, 5.41) is 8.51. The summed E-state index contributed by atoms with van der Waals surface area (Å²) in [5.41, 5.74) is 0. The Labute approximate surface area is 183 Å². The van der Waals surface area contributed by atoms with Crippen LogP contribution in [-0.2, 0) is 30.9 Å². The molecule has 3 heteroatoms. The van der Waals surface area contributed by atoms with Crippen LogP contribution in [0.2, 0.25) is 0 Å². The van der Waals surface area contributed by atoms with Gasteiger partial charge in [-0.05, 0) is 32.1 Å². The van der Waals surface area contributed by atoms with Crippen molar-refractivity contribution >= 4 is 9.04 Å². The van der Waals surface area contributed by atoms with Crippen LogP contribution in [0.15, 0.2) is 42.5 Å². The van der Waals surface area contributed by atoms with Gasteiger partial charge in [0.25, 0.3) is 0 Å². The third-order valence-corrected chi connectivity index (χ3v) is 6.33. The van der Waals surface area contributed by atoms with Crippen LogP contribution in [-0.4, -0.2) is 11.1 Å². The minimum absolute atomic E-state index is 0.332. The van der Waals surface area contributed by atoms with Crippen LogP contribution in [0.3, 0.4) is 0 Å². The third kappa shape index (κ3) is 23.3. The van der Waals surface area contributed by atoms with Gasteiger partial charge in [0.1, 0.15) is 0 Å². The van der Waals surface area contributed by atoms with Gasteiger partial charge in [-0.15, -0.1) is 0 Å². The second kappa shape index (κ2) is 21.7. The van der Waals surface area contributed by atoms with Crippen molar-refractivity contribution in [2.24, 2.45) is 0 Å². The number of unbranched alkanes of at least 4 members (excludes halogenated alkanes) is 11. The van der Waals surface area contributed by atoms with E-state index in [0.717, 1.165) is 39.0 Å². The maximum atomic E-state index is 10.3. The molecule has 1 N–H and O–H groups in total. The summed E-state index contributed by atoms with van der Waals surface area (Å²) in [6.45, 7) is 2.26. The molecule has 0 unspecified atom stereocenters. The normalized spacial score (nSPS) is 10.6. The van der Waals surface area contributed by atoms with E-state index < -0.39 is 5.97 Å². The number of carboxylic acids is 1. The summed E-state index contributed by atoms with van der Waals surface area (Å²) in [4.78, 5) is 10.3. The number of carbonyl (C=O) groups is 1. The molecule has 0 fully saturated rings. The molecule has 0 aliphatic heterocycles. The second-order valence-corrected chi connectivity index (χ2v) is 10.4. The molecule has 0 radical (unpaired) electrons. The van der Waals surface area contributed by atoms with Crippen molar-refractivity contribution < 1.29 is 36.0 Å². The van der Waals surface area contributed by atoms with Crippen LogP contribution in [0.5, 0.6) is 0 Å². The Hall–Kier alpha value is -0.635. The first-order chi connectivity index (χ1) is 13.2. The molecule has 0 saturated carbocycles. The first-order valence-electron chi connectivity index (χ1n) is 10.9. The van der Waals surface area contributed by atoms with Crippen molar-refractivity contribution in [1.82, 2.24) is 0 Å². The molecule has 0 bridgehead atoms. The summed E-state index contributed by atoms with van der Waals surface area (Å²) in [7, 11) is 0. The van der Waals surface area contributed by atoms with E-state index in [9.17, 15) is 4.79 Å². The molecule has 0 aliphatic rings. The fraction of sp³-hybridized carbons (Fsp3) is 0.625. The molecule has 27 heavy (non-hydrogen) atoms. The molecule has 149 valence electrons. The maximum absolute atomic E-state index is 10.3. The van der Waals surface area contributed by atoms with Crippen LogP contribution in [0.4, 0.5) is 0 Å². The van der Waals surface area contributed by atoms with Gasteiger partial charge in [-0.3, -0.25) is 4.79 Å². The topological polar surface area (TPSA) is 37.3 Å². The molecule has 1 aromatic rings. The van der Waals surface area contributed by atoms with Crippen LogP contribution >= 0.6 is 0 Å². The summed E-state index contributed by atoms with van der Waals surface area (Å²) >= 11 is 0.810. The quantitative estimate of drug-likeness (QED) is 0.143. The molecule has 0 spiro atoms. The Balaban J connectivity index is 0.000000797. The van der Waals surface area contributed by atoms with Gasteiger partial charge in [-0.25, -0.2) is 0 Å². The van der Waals surface area contributed by atoms with Crippen LogP contribution < -0.4 is 3.07 Å². The van der Waals surface area contributed by atoms with Crippen molar-refractivity contribution in [3.63, 3.8) is 0 Å². The summed E-state index contributed by atoms with van der Waals surface area (Å²) < 4.78 is 1.52. The van der Waals surface area contributed by atoms with Crippen molar-refractivity contribution in [3.8, 4) is 0 Å². The molecular formula is C24H39HgO2. The Bertz CT molecular complexity index is 457. The SMILES string of the molecule is CCCCCCCCC=CCCCCCCCC(=O)O.[Hg][c]1ccccc1. The monoisotopic (exact) mass is 561 g/mol. The molecular weight excluding hydrogens is 521 g/mol. The van der Waals surface area contributed by atoms with Gasteiger partial charge < -0.3 is 5.11 Å². The number of hydrogen-bond acceptors (Lipinski definition) is 1. The van der Waals surface area contributed by atoms with Gasteiger partial charge in [0, 0.05) is 6.42 Å². The molecule has 0 heterocycles. The zero-order valence-electron chi connectivity index (χ0n) is 17.5. The number of benzene rings is 1. The number of aliphatic carboxylic acids is 1.